The maximum absolute atomic E-state index is 13.7. The Morgan fingerprint density at radius 3 is 2.57 bits per heavy atom. The van der Waals surface area contributed by atoms with Crippen molar-refractivity contribution in [1.82, 2.24) is 0 Å². The second-order valence-electron chi connectivity index (χ2n) is 5.74. The fraction of sp³-hybridized carbons (Fsp3) is 0.222. The van der Waals surface area contributed by atoms with Crippen LogP contribution in [-0.4, -0.2) is 17.9 Å². The highest BCUT2D eigenvalue weighted by Crippen LogP contribution is 2.28. The molecular weight excluding hydrogens is 295 g/mol. The number of aryl methyl sites for hydroxylation is 2. The van der Waals surface area contributed by atoms with Gasteiger partial charge in [-0.3, -0.25) is 9.59 Å². The van der Waals surface area contributed by atoms with Crippen molar-refractivity contribution in [3.05, 3.63) is 59.4 Å². The van der Waals surface area contributed by atoms with Crippen LogP contribution in [0.5, 0.6) is 0 Å². The zero-order chi connectivity index (χ0) is 16.6. The number of para-hydroxylation sites is 1. The molecule has 5 heteroatoms. The third kappa shape index (κ3) is 2.82. The lowest BCUT2D eigenvalue weighted by atomic mass is 10.1. The predicted molar refractivity (Wildman–Crippen MR) is 86.8 cm³/mol. The molecule has 0 unspecified atom stereocenters. The summed E-state index contributed by atoms with van der Waals surface area (Å²) in [4.78, 5) is 26.1. The summed E-state index contributed by atoms with van der Waals surface area (Å²) in [6.07, 6.45) is 0.0144. The first-order valence-electron chi connectivity index (χ1n) is 7.42. The quantitative estimate of drug-likeness (QED) is 0.886. The Labute approximate surface area is 133 Å². The number of nitrogens with zero attached hydrogens (tertiary/aromatic N) is 1. The first-order valence-corrected chi connectivity index (χ1v) is 7.42. The van der Waals surface area contributed by atoms with Gasteiger partial charge in [-0.2, -0.15) is 0 Å². The van der Waals surface area contributed by atoms with Crippen molar-refractivity contribution >= 4 is 23.2 Å². The van der Waals surface area contributed by atoms with Crippen molar-refractivity contribution in [2.24, 2.45) is 0 Å². The fourth-order valence-electron chi connectivity index (χ4n) is 2.82. The highest BCUT2D eigenvalue weighted by molar-refractivity contribution is 6.23. The lowest BCUT2D eigenvalue weighted by Crippen LogP contribution is -2.35. The number of carbonyl (C=O) groups excluding carboxylic acids is 2. The number of hydrogen-bond donors (Lipinski definition) is 1. The highest BCUT2D eigenvalue weighted by atomic mass is 19.1. The van der Waals surface area contributed by atoms with Gasteiger partial charge in [0.1, 0.15) is 11.9 Å². The molecule has 1 N–H and O–H groups in total. The smallest absolute Gasteiger partial charge is 0.256 e. The van der Waals surface area contributed by atoms with Crippen molar-refractivity contribution in [2.45, 2.75) is 26.3 Å². The van der Waals surface area contributed by atoms with Crippen LogP contribution in [0.3, 0.4) is 0 Å². The van der Waals surface area contributed by atoms with Crippen LogP contribution in [0.2, 0.25) is 0 Å². The van der Waals surface area contributed by atoms with E-state index in [1.54, 1.807) is 24.3 Å². The standard InChI is InChI=1S/C18H17FN2O2/c1-11-7-8-16(12(2)9-11)21-17(22)10-15(18(21)23)20-14-6-4-3-5-13(14)19/h3-9,15,20H,10H2,1-2H3/t15-/m0/s1. The zero-order valence-electron chi connectivity index (χ0n) is 13.0. The van der Waals surface area contributed by atoms with Crippen LogP contribution in [-0.2, 0) is 9.59 Å². The Bertz CT molecular complexity index is 788. The average Bonchev–Trinajstić information content (AvgIpc) is 2.77. The van der Waals surface area contributed by atoms with E-state index in [-0.39, 0.29) is 23.9 Å². The second-order valence-corrected chi connectivity index (χ2v) is 5.74. The summed E-state index contributed by atoms with van der Waals surface area (Å²) in [5, 5.41) is 2.83. The van der Waals surface area contributed by atoms with Crippen LogP contribution in [0, 0.1) is 19.7 Å². The van der Waals surface area contributed by atoms with Gasteiger partial charge in [-0.15, -0.1) is 0 Å². The summed E-state index contributed by atoms with van der Waals surface area (Å²) < 4.78 is 13.7. The fourth-order valence-corrected chi connectivity index (χ4v) is 2.82. The number of anilines is 2. The minimum absolute atomic E-state index is 0.0144. The lowest BCUT2D eigenvalue weighted by Gasteiger charge is -2.18. The molecule has 0 bridgehead atoms. The Balaban J connectivity index is 1.87. The van der Waals surface area contributed by atoms with Gasteiger partial charge in [-0.05, 0) is 37.6 Å². The summed E-state index contributed by atoms with van der Waals surface area (Å²) in [5.74, 6) is -1.08. The van der Waals surface area contributed by atoms with E-state index in [9.17, 15) is 14.0 Å². The Morgan fingerprint density at radius 1 is 1.13 bits per heavy atom. The van der Waals surface area contributed by atoms with E-state index < -0.39 is 11.9 Å². The number of halogens is 1. The number of amides is 2. The molecule has 118 valence electrons. The number of hydrogen-bond acceptors (Lipinski definition) is 3. The topological polar surface area (TPSA) is 49.4 Å². The first kappa shape index (κ1) is 15.2. The molecular formula is C18H17FN2O2. The number of benzene rings is 2. The van der Waals surface area contributed by atoms with Crippen molar-refractivity contribution in [2.75, 3.05) is 10.2 Å². The minimum atomic E-state index is -0.750. The van der Waals surface area contributed by atoms with E-state index in [2.05, 4.69) is 5.32 Å². The molecule has 0 aliphatic carbocycles. The Hall–Kier alpha value is -2.69. The summed E-state index contributed by atoms with van der Waals surface area (Å²) in [5.41, 5.74) is 2.73. The van der Waals surface area contributed by atoms with Gasteiger partial charge in [0.15, 0.2) is 0 Å². The molecule has 3 rings (SSSR count). The first-order chi connectivity index (χ1) is 11.0. The number of imide groups is 1. The molecule has 1 aliphatic heterocycles. The molecule has 0 spiro atoms. The van der Waals surface area contributed by atoms with Gasteiger partial charge in [0.05, 0.1) is 17.8 Å². The van der Waals surface area contributed by atoms with Crippen molar-refractivity contribution < 1.29 is 14.0 Å². The Kier molecular flexibility index (Phi) is 3.86. The molecule has 1 heterocycles. The molecule has 0 radical (unpaired) electrons. The number of carbonyl (C=O) groups is 2. The molecule has 0 aromatic heterocycles. The van der Waals surface area contributed by atoms with Crippen LogP contribution in [0.4, 0.5) is 15.8 Å². The van der Waals surface area contributed by atoms with E-state index in [1.807, 2.05) is 26.0 Å². The number of rotatable bonds is 3. The largest absolute Gasteiger partial charge is 0.371 e. The summed E-state index contributed by atoms with van der Waals surface area (Å²) in [7, 11) is 0. The van der Waals surface area contributed by atoms with Gasteiger partial charge < -0.3 is 5.32 Å². The molecule has 2 amide bonds. The van der Waals surface area contributed by atoms with Crippen molar-refractivity contribution in [3.8, 4) is 0 Å². The van der Waals surface area contributed by atoms with Crippen LogP contribution in [0.25, 0.3) is 0 Å². The monoisotopic (exact) mass is 312 g/mol. The molecule has 1 aliphatic rings. The zero-order valence-corrected chi connectivity index (χ0v) is 13.0. The molecule has 23 heavy (non-hydrogen) atoms. The molecule has 0 saturated carbocycles. The van der Waals surface area contributed by atoms with Gasteiger partial charge in [-0.1, -0.05) is 29.8 Å². The minimum Gasteiger partial charge on any atom is -0.371 e. The summed E-state index contributed by atoms with van der Waals surface area (Å²) >= 11 is 0. The van der Waals surface area contributed by atoms with Gasteiger partial charge in [0.25, 0.3) is 5.91 Å². The summed E-state index contributed by atoms with van der Waals surface area (Å²) in [6, 6.07) is 10.9. The average molecular weight is 312 g/mol. The molecule has 2 aromatic carbocycles. The van der Waals surface area contributed by atoms with E-state index in [4.69, 9.17) is 0 Å². The van der Waals surface area contributed by atoms with Crippen LogP contribution in [0.1, 0.15) is 17.5 Å². The molecule has 1 fully saturated rings. The molecule has 1 atom stereocenters. The summed E-state index contributed by atoms with van der Waals surface area (Å²) in [6.45, 7) is 3.81. The van der Waals surface area contributed by atoms with Crippen LogP contribution < -0.4 is 10.2 Å². The van der Waals surface area contributed by atoms with Crippen LogP contribution >= 0.6 is 0 Å². The predicted octanol–water partition coefficient (Wildman–Crippen LogP) is 3.19. The van der Waals surface area contributed by atoms with Gasteiger partial charge in [0.2, 0.25) is 5.91 Å². The third-order valence-corrected chi connectivity index (χ3v) is 3.94. The normalized spacial score (nSPS) is 17.7. The molecule has 2 aromatic rings. The maximum Gasteiger partial charge on any atom is 0.256 e. The third-order valence-electron chi connectivity index (χ3n) is 3.94. The number of nitrogens with one attached hydrogen (secondary N) is 1. The lowest BCUT2D eigenvalue weighted by molar-refractivity contribution is -0.121. The van der Waals surface area contributed by atoms with E-state index in [0.717, 1.165) is 11.1 Å². The molecule has 1 saturated heterocycles. The van der Waals surface area contributed by atoms with Gasteiger partial charge in [0, 0.05) is 0 Å². The van der Waals surface area contributed by atoms with Gasteiger partial charge in [-0.25, -0.2) is 9.29 Å². The highest BCUT2D eigenvalue weighted by Gasteiger charge is 2.40. The van der Waals surface area contributed by atoms with Crippen molar-refractivity contribution in [1.29, 1.82) is 0 Å². The SMILES string of the molecule is Cc1ccc(N2C(=O)C[C@H](Nc3ccccc3F)C2=O)c(C)c1. The van der Waals surface area contributed by atoms with E-state index >= 15 is 0 Å². The maximum atomic E-state index is 13.7. The Morgan fingerprint density at radius 2 is 1.87 bits per heavy atom. The van der Waals surface area contributed by atoms with Crippen molar-refractivity contribution in [3.63, 3.8) is 0 Å². The van der Waals surface area contributed by atoms with E-state index in [0.29, 0.717) is 5.69 Å². The van der Waals surface area contributed by atoms with E-state index in [1.165, 1.54) is 11.0 Å². The van der Waals surface area contributed by atoms with Gasteiger partial charge >= 0.3 is 0 Å². The second kappa shape index (κ2) is 5.83. The van der Waals surface area contributed by atoms with Crippen LogP contribution in [0.15, 0.2) is 42.5 Å². The molecule has 4 nitrogen and oxygen atoms in total.